The lowest BCUT2D eigenvalue weighted by molar-refractivity contribution is -0.288. The second-order valence-electron chi connectivity index (χ2n) is 6.33. The number of carbonyl (C=O) groups excluding carboxylic acids is 1. The van der Waals surface area contributed by atoms with Gasteiger partial charge >= 0.3 is 0 Å². The summed E-state index contributed by atoms with van der Waals surface area (Å²) in [6, 6.07) is 0. The summed E-state index contributed by atoms with van der Waals surface area (Å²) in [5, 5.41) is 40.7. The molecule has 1 fully saturated rings. The second kappa shape index (κ2) is 14.2. The van der Waals surface area contributed by atoms with Crippen molar-refractivity contribution < 1.29 is 44.2 Å². The molecule has 5 N–H and O–H groups in total. The van der Waals surface area contributed by atoms with Gasteiger partial charge in [0.2, 0.25) is 5.91 Å². The molecule has 0 spiro atoms. The first-order valence-electron chi connectivity index (χ1n) is 9.35. The monoisotopic (exact) mass is 395 g/mol. The Balaban J connectivity index is 1.98. The molecule has 1 aliphatic heterocycles. The highest BCUT2D eigenvalue weighted by molar-refractivity contribution is 5.77. The molecule has 0 aliphatic carbocycles. The Kier molecular flexibility index (Phi) is 12.7. The van der Waals surface area contributed by atoms with Crippen molar-refractivity contribution in [2.75, 3.05) is 46.2 Å². The van der Waals surface area contributed by atoms with Crippen LogP contribution < -0.4 is 5.32 Å². The van der Waals surface area contributed by atoms with Gasteiger partial charge in [-0.3, -0.25) is 4.79 Å². The first-order chi connectivity index (χ1) is 13.0. The molecule has 0 radical (unpaired) electrons. The van der Waals surface area contributed by atoms with Crippen molar-refractivity contribution in [1.82, 2.24) is 5.32 Å². The zero-order valence-electron chi connectivity index (χ0n) is 15.8. The van der Waals surface area contributed by atoms with E-state index in [4.69, 9.17) is 18.9 Å². The molecule has 1 aliphatic rings. The lowest BCUT2D eigenvalue weighted by atomic mass is 9.99. The maximum Gasteiger partial charge on any atom is 0.246 e. The van der Waals surface area contributed by atoms with Gasteiger partial charge in [0.25, 0.3) is 0 Å². The van der Waals surface area contributed by atoms with Crippen molar-refractivity contribution in [3.8, 4) is 0 Å². The molecular weight excluding hydrogens is 362 g/mol. The van der Waals surface area contributed by atoms with Crippen molar-refractivity contribution in [1.29, 1.82) is 0 Å². The Morgan fingerprint density at radius 2 is 1.63 bits per heavy atom. The Morgan fingerprint density at radius 3 is 2.33 bits per heavy atom. The summed E-state index contributed by atoms with van der Waals surface area (Å²) in [6.45, 7) is 4.04. The van der Waals surface area contributed by atoms with Crippen LogP contribution in [0.5, 0.6) is 0 Å². The highest BCUT2D eigenvalue weighted by atomic mass is 16.6. The van der Waals surface area contributed by atoms with E-state index < -0.39 is 30.7 Å². The van der Waals surface area contributed by atoms with Crippen LogP contribution in [0.2, 0.25) is 0 Å². The van der Waals surface area contributed by atoms with Gasteiger partial charge in [0.1, 0.15) is 31.0 Å². The normalized spacial score (nSPS) is 28.3. The Bertz CT molecular complexity index is 399. The number of aliphatic hydroxyl groups is 4. The van der Waals surface area contributed by atoms with E-state index in [-0.39, 0.29) is 19.1 Å². The lowest BCUT2D eigenvalue weighted by Crippen LogP contribution is -2.58. The fourth-order valence-corrected chi connectivity index (χ4v) is 2.43. The number of rotatable bonds is 14. The Hall–Kier alpha value is -0.850. The van der Waals surface area contributed by atoms with E-state index in [0.29, 0.717) is 26.4 Å². The van der Waals surface area contributed by atoms with Crippen LogP contribution in [0.15, 0.2) is 0 Å². The first kappa shape index (κ1) is 24.2. The van der Waals surface area contributed by atoms with Crippen molar-refractivity contribution >= 4 is 5.91 Å². The predicted octanol–water partition coefficient (Wildman–Crippen LogP) is -1.86. The number of carbonyl (C=O) groups is 1. The summed E-state index contributed by atoms with van der Waals surface area (Å²) in [5.41, 5.74) is 0. The second-order valence-corrected chi connectivity index (χ2v) is 6.33. The van der Waals surface area contributed by atoms with Crippen LogP contribution in [0.1, 0.15) is 26.2 Å². The predicted molar refractivity (Wildman–Crippen MR) is 93.9 cm³/mol. The summed E-state index contributed by atoms with van der Waals surface area (Å²) in [4.78, 5) is 11.6. The molecule has 0 saturated carbocycles. The largest absolute Gasteiger partial charge is 0.387 e. The molecule has 0 aromatic heterocycles. The average molecular weight is 395 g/mol. The minimum Gasteiger partial charge on any atom is -0.387 e. The maximum absolute atomic E-state index is 11.6. The average Bonchev–Trinajstić information content (AvgIpc) is 2.65. The van der Waals surface area contributed by atoms with E-state index in [1.54, 1.807) is 0 Å². The third-order valence-corrected chi connectivity index (χ3v) is 4.04. The standard InChI is InChI=1S/C17H33NO9/c1-2-3-4-6-24-8-9-25-7-5-18-13(19)11-26-10-12-14(20)15(21)16(22)17(23)27-12/h12,14-17,20-23H,2-11H2,1H3,(H,18,19)/t12?,14-,15+,16?,17-/m1/s1. The van der Waals surface area contributed by atoms with E-state index in [0.717, 1.165) is 25.9 Å². The molecule has 10 nitrogen and oxygen atoms in total. The van der Waals surface area contributed by atoms with E-state index in [1.165, 1.54) is 0 Å². The molecule has 10 heteroatoms. The van der Waals surface area contributed by atoms with Crippen molar-refractivity contribution in [2.45, 2.75) is 56.9 Å². The van der Waals surface area contributed by atoms with Gasteiger partial charge in [-0.2, -0.15) is 0 Å². The summed E-state index contributed by atoms with van der Waals surface area (Å²) in [7, 11) is 0. The molecule has 27 heavy (non-hydrogen) atoms. The van der Waals surface area contributed by atoms with Crippen LogP contribution >= 0.6 is 0 Å². The topological polar surface area (TPSA) is 147 Å². The fourth-order valence-electron chi connectivity index (χ4n) is 2.43. The van der Waals surface area contributed by atoms with E-state index in [2.05, 4.69) is 12.2 Å². The van der Waals surface area contributed by atoms with Crippen molar-refractivity contribution in [3.63, 3.8) is 0 Å². The van der Waals surface area contributed by atoms with Crippen LogP contribution in [-0.2, 0) is 23.7 Å². The van der Waals surface area contributed by atoms with Gasteiger partial charge in [0.05, 0.1) is 26.4 Å². The van der Waals surface area contributed by atoms with Crippen LogP contribution in [0, 0.1) is 0 Å². The number of nitrogens with one attached hydrogen (secondary N) is 1. The number of ether oxygens (including phenoxy) is 4. The summed E-state index contributed by atoms with van der Waals surface area (Å²) >= 11 is 0. The first-order valence-corrected chi connectivity index (χ1v) is 9.35. The maximum atomic E-state index is 11.6. The van der Waals surface area contributed by atoms with Crippen LogP contribution in [0.4, 0.5) is 0 Å². The fraction of sp³-hybridized carbons (Fsp3) is 0.941. The van der Waals surface area contributed by atoms with Gasteiger partial charge in [-0.25, -0.2) is 0 Å². The highest BCUT2D eigenvalue weighted by Gasteiger charge is 2.42. The molecule has 1 saturated heterocycles. The summed E-state index contributed by atoms with van der Waals surface area (Å²) in [6.07, 6.45) is -3.89. The molecular formula is C17H33NO9. The van der Waals surface area contributed by atoms with Gasteiger partial charge in [-0.1, -0.05) is 19.8 Å². The third-order valence-electron chi connectivity index (χ3n) is 4.04. The molecule has 0 bridgehead atoms. The van der Waals surface area contributed by atoms with Crippen LogP contribution in [0.25, 0.3) is 0 Å². The molecule has 1 amide bonds. The van der Waals surface area contributed by atoms with Gasteiger partial charge in [-0.15, -0.1) is 0 Å². The molecule has 1 heterocycles. The van der Waals surface area contributed by atoms with Gasteiger partial charge in [0, 0.05) is 13.2 Å². The Labute approximate surface area is 159 Å². The highest BCUT2D eigenvalue weighted by Crippen LogP contribution is 2.19. The molecule has 160 valence electrons. The minimum atomic E-state index is -1.63. The van der Waals surface area contributed by atoms with Crippen LogP contribution in [-0.4, -0.2) is 103 Å². The Morgan fingerprint density at radius 1 is 0.926 bits per heavy atom. The van der Waals surface area contributed by atoms with E-state index in [1.807, 2.05) is 0 Å². The molecule has 0 aromatic carbocycles. The van der Waals surface area contributed by atoms with Gasteiger partial charge in [0.15, 0.2) is 6.29 Å². The molecule has 1 rings (SSSR count). The number of aliphatic hydroxyl groups excluding tert-OH is 4. The van der Waals surface area contributed by atoms with Crippen LogP contribution in [0.3, 0.4) is 0 Å². The summed E-state index contributed by atoms with van der Waals surface area (Å²) < 4.78 is 20.8. The van der Waals surface area contributed by atoms with Crippen molar-refractivity contribution in [2.24, 2.45) is 0 Å². The number of hydrogen-bond donors (Lipinski definition) is 5. The van der Waals surface area contributed by atoms with Crippen molar-refractivity contribution in [3.05, 3.63) is 0 Å². The third kappa shape index (κ3) is 9.77. The smallest absolute Gasteiger partial charge is 0.246 e. The number of amides is 1. The lowest BCUT2D eigenvalue weighted by Gasteiger charge is -2.38. The molecule has 5 atom stereocenters. The number of unbranched alkanes of at least 4 members (excludes halogenated alkanes) is 2. The zero-order chi connectivity index (χ0) is 20.1. The van der Waals surface area contributed by atoms with E-state index >= 15 is 0 Å². The quantitative estimate of drug-likeness (QED) is 0.214. The zero-order valence-corrected chi connectivity index (χ0v) is 15.8. The van der Waals surface area contributed by atoms with Gasteiger partial charge in [-0.05, 0) is 6.42 Å². The molecule has 2 unspecified atom stereocenters. The minimum absolute atomic E-state index is 0.221. The van der Waals surface area contributed by atoms with Gasteiger partial charge < -0.3 is 44.7 Å². The summed E-state index contributed by atoms with van der Waals surface area (Å²) in [5.74, 6) is -0.374. The number of hydrogen-bond acceptors (Lipinski definition) is 9. The SMILES string of the molecule is CCCCCOCCOCCNC(=O)COCC1O[C@@H](O)C(O)[C@@H](O)[C@@H]1O. The van der Waals surface area contributed by atoms with E-state index in [9.17, 15) is 25.2 Å². The molecule has 0 aromatic rings.